The van der Waals surface area contributed by atoms with Crippen molar-refractivity contribution in [1.82, 2.24) is 4.90 Å². The minimum Gasteiger partial charge on any atom is -0.330 e. The van der Waals surface area contributed by atoms with E-state index in [0.29, 0.717) is 13.1 Å². The lowest BCUT2D eigenvalue weighted by Gasteiger charge is -2.31. The molecule has 5 heteroatoms. The first kappa shape index (κ1) is 16.5. The Kier molecular flexibility index (Phi) is 5.89. The van der Waals surface area contributed by atoms with Crippen LogP contribution >= 0.6 is 15.9 Å². The molecule has 0 atom stereocenters. The average Bonchev–Trinajstić information content (AvgIpc) is 2.37. The highest BCUT2D eigenvalue weighted by atomic mass is 79.9. The third-order valence-electron chi connectivity index (χ3n) is 3.17. The maximum atomic E-state index is 13.9. The van der Waals surface area contributed by atoms with Gasteiger partial charge >= 0.3 is 0 Å². The van der Waals surface area contributed by atoms with Gasteiger partial charge in [-0.05, 0) is 46.6 Å². The number of nitrogens with zero attached hydrogens (tertiary/aromatic N) is 1. The second-order valence-electron chi connectivity index (χ2n) is 5.49. The van der Waals surface area contributed by atoms with Crippen molar-refractivity contribution < 1.29 is 8.78 Å². The molecule has 0 unspecified atom stereocenters. The summed E-state index contributed by atoms with van der Waals surface area (Å²) in [6.45, 7) is 8.26. The molecule has 0 spiro atoms. The minimum atomic E-state index is -0.524. The van der Waals surface area contributed by atoms with Gasteiger partial charge in [-0.1, -0.05) is 20.8 Å². The van der Waals surface area contributed by atoms with Gasteiger partial charge in [0.05, 0.1) is 4.47 Å². The van der Waals surface area contributed by atoms with Gasteiger partial charge in [0, 0.05) is 18.7 Å². The van der Waals surface area contributed by atoms with E-state index in [0.717, 1.165) is 6.54 Å². The summed E-state index contributed by atoms with van der Waals surface area (Å²) in [4.78, 5) is 2.00. The standard InChI is InChI=1S/C14H21BrF2N2/c1-4-19(9-14(2,3)8-18)7-10-12(16)6-5-11(15)13(10)17/h5-6H,4,7-9,18H2,1-3H3. The summed E-state index contributed by atoms with van der Waals surface area (Å²) in [5, 5.41) is 0. The second-order valence-corrected chi connectivity index (χ2v) is 6.35. The third kappa shape index (κ3) is 4.51. The Labute approximate surface area is 122 Å². The molecule has 1 aromatic rings. The van der Waals surface area contributed by atoms with Crippen molar-refractivity contribution in [2.45, 2.75) is 27.3 Å². The topological polar surface area (TPSA) is 29.3 Å². The van der Waals surface area contributed by atoms with Crippen LogP contribution in [-0.2, 0) is 6.54 Å². The number of nitrogens with two attached hydrogens (primary N) is 1. The zero-order chi connectivity index (χ0) is 14.6. The summed E-state index contributed by atoms with van der Waals surface area (Å²) in [6.07, 6.45) is 0. The van der Waals surface area contributed by atoms with Crippen LogP contribution < -0.4 is 5.73 Å². The fraction of sp³-hybridized carbons (Fsp3) is 0.571. The molecule has 0 aliphatic heterocycles. The van der Waals surface area contributed by atoms with E-state index in [4.69, 9.17) is 5.73 Å². The fourth-order valence-corrected chi connectivity index (χ4v) is 2.26. The molecular weight excluding hydrogens is 314 g/mol. The van der Waals surface area contributed by atoms with Gasteiger partial charge in [-0.2, -0.15) is 0 Å². The van der Waals surface area contributed by atoms with Crippen molar-refractivity contribution in [1.29, 1.82) is 0 Å². The summed E-state index contributed by atoms with van der Waals surface area (Å²) in [5.74, 6) is -1.03. The second kappa shape index (κ2) is 6.77. The van der Waals surface area contributed by atoms with Crippen LogP contribution in [0.4, 0.5) is 8.78 Å². The number of benzene rings is 1. The number of halogens is 3. The molecule has 108 valence electrons. The van der Waals surface area contributed by atoms with Gasteiger partial charge in [0.15, 0.2) is 0 Å². The molecule has 19 heavy (non-hydrogen) atoms. The van der Waals surface area contributed by atoms with Gasteiger partial charge in [-0.25, -0.2) is 8.78 Å². The predicted molar refractivity (Wildman–Crippen MR) is 77.8 cm³/mol. The quantitative estimate of drug-likeness (QED) is 0.806. The van der Waals surface area contributed by atoms with Crippen LogP contribution in [0.5, 0.6) is 0 Å². The highest BCUT2D eigenvalue weighted by Crippen LogP contribution is 2.24. The Morgan fingerprint density at radius 3 is 2.47 bits per heavy atom. The average molecular weight is 335 g/mol. The van der Waals surface area contributed by atoms with Gasteiger partial charge < -0.3 is 5.73 Å². The molecule has 1 rings (SSSR count). The molecule has 0 heterocycles. The Balaban J connectivity index is 2.90. The lowest BCUT2D eigenvalue weighted by Crippen LogP contribution is -2.38. The molecular formula is C14H21BrF2N2. The summed E-state index contributed by atoms with van der Waals surface area (Å²) in [7, 11) is 0. The molecule has 0 aliphatic rings. The molecule has 0 saturated carbocycles. The number of hydrogen-bond donors (Lipinski definition) is 1. The van der Waals surface area contributed by atoms with Crippen LogP contribution in [0, 0.1) is 17.0 Å². The van der Waals surface area contributed by atoms with Crippen molar-refractivity contribution in [3.8, 4) is 0 Å². The van der Waals surface area contributed by atoms with E-state index >= 15 is 0 Å². The van der Waals surface area contributed by atoms with E-state index in [1.54, 1.807) is 0 Å². The van der Waals surface area contributed by atoms with E-state index < -0.39 is 11.6 Å². The lowest BCUT2D eigenvalue weighted by molar-refractivity contribution is 0.179. The van der Waals surface area contributed by atoms with Crippen LogP contribution in [0.15, 0.2) is 16.6 Å². The van der Waals surface area contributed by atoms with Crippen LogP contribution in [0.25, 0.3) is 0 Å². The highest BCUT2D eigenvalue weighted by Gasteiger charge is 2.22. The minimum absolute atomic E-state index is 0.0744. The number of rotatable bonds is 6. The fourth-order valence-electron chi connectivity index (χ4n) is 1.89. The summed E-state index contributed by atoms with van der Waals surface area (Å²) >= 11 is 3.09. The predicted octanol–water partition coefficient (Wildman–Crippen LogP) is 3.53. The molecule has 1 aromatic carbocycles. The SMILES string of the molecule is CCN(Cc1c(F)ccc(Br)c1F)CC(C)(C)CN. The first-order valence-corrected chi connectivity index (χ1v) is 7.15. The van der Waals surface area contributed by atoms with Gasteiger partial charge in [-0.15, -0.1) is 0 Å². The Morgan fingerprint density at radius 2 is 1.95 bits per heavy atom. The zero-order valence-electron chi connectivity index (χ0n) is 11.6. The molecule has 0 saturated heterocycles. The Bertz CT molecular complexity index is 436. The van der Waals surface area contributed by atoms with E-state index in [1.165, 1.54) is 12.1 Å². The number of hydrogen-bond acceptors (Lipinski definition) is 2. The lowest BCUT2D eigenvalue weighted by atomic mass is 9.93. The van der Waals surface area contributed by atoms with Crippen molar-refractivity contribution in [2.75, 3.05) is 19.6 Å². The monoisotopic (exact) mass is 334 g/mol. The van der Waals surface area contributed by atoms with Gasteiger partial charge in [0.2, 0.25) is 0 Å². The molecule has 2 nitrogen and oxygen atoms in total. The molecule has 2 N–H and O–H groups in total. The third-order valence-corrected chi connectivity index (χ3v) is 3.78. The van der Waals surface area contributed by atoms with Crippen LogP contribution in [-0.4, -0.2) is 24.5 Å². The smallest absolute Gasteiger partial charge is 0.144 e. The Morgan fingerprint density at radius 1 is 1.32 bits per heavy atom. The van der Waals surface area contributed by atoms with E-state index in [1.807, 2.05) is 25.7 Å². The largest absolute Gasteiger partial charge is 0.330 e. The van der Waals surface area contributed by atoms with Crippen molar-refractivity contribution in [3.63, 3.8) is 0 Å². The summed E-state index contributed by atoms with van der Waals surface area (Å²) in [6, 6.07) is 2.67. The summed E-state index contributed by atoms with van der Waals surface area (Å²) in [5.41, 5.74) is 5.73. The van der Waals surface area contributed by atoms with Gasteiger partial charge in [-0.3, -0.25) is 4.90 Å². The Hall–Kier alpha value is -0.520. The first-order valence-electron chi connectivity index (χ1n) is 6.35. The molecule has 0 aliphatic carbocycles. The molecule has 0 amide bonds. The normalized spacial score (nSPS) is 12.2. The summed E-state index contributed by atoms with van der Waals surface area (Å²) < 4.78 is 28.0. The van der Waals surface area contributed by atoms with E-state index in [9.17, 15) is 8.78 Å². The first-order chi connectivity index (χ1) is 8.80. The van der Waals surface area contributed by atoms with Crippen molar-refractivity contribution >= 4 is 15.9 Å². The molecule has 0 aromatic heterocycles. The molecule has 0 radical (unpaired) electrons. The highest BCUT2D eigenvalue weighted by molar-refractivity contribution is 9.10. The maximum Gasteiger partial charge on any atom is 0.144 e. The van der Waals surface area contributed by atoms with Gasteiger partial charge in [0.25, 0.3) is 0 Å². The molecule has 0 bridgehead atoms. The maximum absolute atomic E-state index is 13.9. The van der Waals surface area contributed by atoms with Crippen molar-refractivity contribution in [2.24, 2.45) is 11.1 Å². The van der Waals surface area contributed by atoms with E-state index in [-0.39, 0.29) is 22.0 Å². The van der Waals surface area contributed by atoms with Gasteiger partial charge in [0.1, 0.15) is 11.6 Å². The van der Waals surface area contributed by atoms with Crippen LogP contribution in [0.2, 0.25) is 0 Å². The molecule has 0 fully saturated rings. The zero-order valence-corrected chi connectivity index (χ0v) is 13.2. The van der Waals surface area contributed by atoms with Crippen LogP contribution in [0.3, 0.4) is 0 Å². The van der Waals surface area contributed by atoms with E-state index in [2.05, 4.69) is 15.9 Å². The van der Waals surface area contributed by atoms with Crippen molar-refractivity contribution in [3.05, 3.63) is 33.8 Å². The van der Waals surface area contributed by atoms with Crippen LogP contribution in [0.1, 0.15) is 26.3 Å².